The summed E-state index contributed by atoms with van der Waals surface area (Å²) in [5, 5.41) is 9.38. The number of fused-ring (bicyclic) bond motifs is 3. The fraction of sp³-hybridized carbons (Fsp3) is 0.647. The summed E-state index contributed by atoms with van der Waals surface area (Å²) in [6, 6.07) is 3.15. The maximum atomic E-state index is 13.0. The Bertz CT molecular complexity index is 753. The summed E-state index contributed by atoms with van der Waals surface area (Å²) in [7, 11) is 1.97. The highest BCUT2D eigenvalue weighted by Gasteiger charge is 2.32. The Morgan fingerprint density at radius 2 is 2.08 bits per heavy atom. The summed E-state index contributed by atoms with van der Waals surface area (Å²) < 4.78 is 1.91. The molecule has 4 heterocycles. The van der Waals surface area contributed by atoms with Gasteiger partial charge in [-0.25, -0.2) is 0 Å². The number of amides is 1. The molecule has 2 aromatic rings. The normalized spacial score (nSPS) is 23.6. The number of aryl methyl sites for hydroxylation is 1. The number of rotatable bonds is 2. The second-order valence-corrected chi connectivity index (χ2v) is 8.20. The van der Waals surface area contributed by atoms with E-state index in [1.165, 1.54) is 12.8 Å². The predicted molar refractivity (Wildman–Crippen MR) is 100 cm³/mol. The standard InChI is InChI=1S/C17H24N4OS.ClH/c1-10(2)15-13-8-14(23-17(13)20(3)19-15)16(22)21-7-6-11-4-5-12(9-21)18-11;/h8,10-12,18H,4-7,9H2,1-3H3;1H. The number of carbonyl (C=O) groups is 1. The van der Waals surface area contributed by atoms with Crippen LogP contribution in [0, 0.1) is 0 Å². The highest BCUT2D eigenvalue weighted by atomic mass is 35.5. The van der Waals surface area contributed by atoms with E-state index in [0.717, 1.165) is 40.3 Å². The van der Waals surface area contributed by atoms with E-state index in [-0.39, 0.29) is 18.3 Å². The molecular formula is C17H25ClN4OS. The first-order valence-corrected chi connectivity index (χ1v) is 9.36. The fourth-order valence-electron chi connectivity index (χ4n) is 3.88. The Morgan fingerprint density at radius 3 is 2.83 bits per heavy atom. The number of carbonyl (C=O) groups excluding carboxylic acids is 1. The largest absolute Gasteiger partial charge is 0.336 e. The summed E-state index contributed by atoms with van der Waals surface area (Å²) in [5.41, 5.74) is 1.09. The van der Waals surface area contributed by atoms with E-state index in [1.807, 2.05) is 16.6 Å². The molecule has 2 aliphatic heterocycles. The molecule has 2 bridgehead atoms. The van der Waals surface area contributed by atoms with Crippen molar-refractivity contribution in [1.82, 2.24) is 20.0 Å². The van der Waals surface area contributed by atoms with Gasteiger partial charge in [0.15, 0.2) is 0 Å². The van der Waals surface area contributed by atoms with Gasteiger partial charge in [-0.2, -0.15) is 5.10 Å². The summed E-state index contributed by atoms with van der Waals surface area (Å²) in [6.07, 6.45) is 3.53. The minimum atomic E-state index is 0. The molecule has 2 fully saturated rings. The van der Waals surface area contributed by atoms with Crippen LogP contribution in [-0.2, 0) is 7.05 Å². The molecule has 2 unspecified atom stereocenters. The Hall–Kier alpha value is -1.11. The zero-order valence-corrected chi connectivity index (χ0v) is 16.0. The average Bonchev–Trinajstić information content (AvgIpc) is 3.14. The van der Waals surface area contributed by atoms with Crippen LogP contribution in [0.3, 0.4) is 0 Å². The van der Waals surface area contributed by atoms with Gasteiger partial charge in [-0.15, -0.1) is 23.7 Å². The van der Waals surface area contributed by atoms with Gasteiger partial charge in [-0.3, -0.25) is 9.48 Å². The van der Waals surface area contributed by atoms with Gasteiger partial charge in [0.25, 0.3) is 5.91 Å². The zero-order chi connectivity index (χ0) is 16.1. The number of thiophene rings is 1. The number of hydrogen-bond acceptors (Lipinski definition) is 4. The topological polar surface area (TPSA) is 50.2 Å². The number of nitrogens with one attached hydrogen (secondary N) is 1. The molecule has 0 spiro atoms. The molecule has 2 aliphatic rings. The third-order valence-corrected chi connectivity index (χ3v) is 6.30. The molecule has 132 valence electrons. The fourth-order valence-corrected chi connectivity index (χ4v) is 4.93. The molecular weight excluding hydrogens is 344 g/mol. The lowest BCUT2D eigenvalue weighted by atomic mass is 10.1. The number of nitrogens with zero attached hydrogens (tertiary/aromatic N) is 3. The van der Waals surface area contributed by atoms with Gasteiger partial charge >= 0.3 is 0 Å². The van der Waals surface area contributed by atoms with Crippen LogP contribution in [0.15, 0.2) is 6.07 Å². The van der Waals surface area contributed by atoms with E-state index >= 15 is 0 Å². The third kappa shape index (κ3) is 2.95. The molecule has 0 saturated carbocycles. The quantitative estimate of drug-likeness (QED) is 0.885. The van der Waals surface area contributed by atoms with Crippen molar-refractivity contribution in [3.63, 3.8) is 0 Å². The molecule has 1 amide bonds. The van der Waals surface area contributed by atoms with E-state index in [4.69, 9.17) is 0 Å². The predicted octanol–water partition coefficient (Wildman–Crippen LogP) is 3.15. The van der Waals surface area contributed by atoms with Crippen molar-refractivity contribution in [2.24, 2.45) is 7.05 Å². The van der Waals surface area contributed by atoms with Crippen molar-refractivity contribution in [3.8, 4) is 0 Å². The van der Waals surface area contributed by atoms with Crippen LogP contribution in [0.25, 0.3) is 10.2 Å². The monoisotopic (exact) mass is 368 g/mol. The second-order valence-electron chi connectivity index (χ2n) is 7.17. The van der Waals surface area contributed by atoms with Gasteiger partial charge in [0.05, 0.1) is 10.6 Å². The van der Waals surface area contributed by atoms with Crippen LogP contribution < -0.4 is 5.32 Å². The highest BCUT2D eigenvalue weighted by Crippen LogP contribution is 2.32. The first-order valence-electron chi connectivity index (χ1n) is 8.54. The molecule has 7 heteroatoms. The molecule has 0 aliphatic carbocycles. The molecule has 0 aromatic carbocycles. The van der Waals surface area contributed by atoms with Gasteiger partial charge in [0.1, 0.15) is 4.83 Å². The smallest absolute Gasteiger partial charge is 0.264 e. The van der Waals surface area contributed by atoms with Crippen molar-refractivity contribution in [2.45, 2.75) is 51.1 Å². The lowest BCUT2D eigenvalue weighted by molar-refractivity contribution is 0.0753. The highest BCUT2D eigenvalue weighted by molar-refractivity contribution is 7.20. The second kappa shape index (κ2) is 6.65. The van der Waals surface area contributed by atoms with Crippen LogP contribution >= 0.6 is 23.7 Å². The number of hydrogen-bond donors (Lipinski definition) is 1. The lowest BCUT2D eigenvalue weighted by Gasteiger charge is -2.23. The first-order chi connectivity index (χ1) is 11.0. The Labute approximate surface area is 152 Å². The van der Waals surface area contributed by atoms with Gasteiger partial charge in [-0.1, -0.05) is 13.8 Å². The van der Waals surface area contributed by atoms with Crippen LogP contribution in [0.5, 0.6) is 0 Å². The maximum Gasteiger partial charge on any atom is 0.264 e. The third-order valence-electron chi connectivity index (χ3n) is 5.11. The van der Waals surface area contributed by atoms with E-state index in [0.29, 0.717) is 18.0 Å². The Kier molecular flexibility index (Phi) is 4.91. The van der Waals surface area contributed by atoms with E-state index < -0.39 is 0 Å². The van der Waals surface area contributed by atoms with Crippen molar-refractivity contribution in [2.75, 3.05) is 13.1 Å². The van der Waals surface area contributed by atoms with Crippen molar-refractivity contribution >= 4 is 39.9 Å². The molecule has 0 radical (unpaired) electrons. The maximum absolute atomic E-state index is 13.0. The first kappa shape index (κ1) is 17.7. The summed E-state index contributed by atoms with van der Waals surface area (Å²) in [6.45, 7) is 6.02. The number of likely N-dealkylation sites (tertiary alicyclic amines) is 1. The van der Waals surface area contributed by atoms with Crippen molar-refractivity contribution in [1.29, 1.82) is 0 Å². The summed E-state index contributed by atoms with van der Waals surface area (Å²) >= 11 is 1.58. The molecule has 2 atom stereocenters. The molecule has 4 rings (SSSR count). The van der Waals surface area contributed by atoms with Crippen LogP contribution in [0.1, 0.15) is 54.4 Å². The van der Waals surface area contributed by atoms with E-state index in [1.54, 1.807) is 11.3 Å². The van der Waals surface area contributed by atoms with Gasteiger partial charge in [0.2, 0.25) is 0 Å². The SMILES string of the molecule is CC(C)c1nn(C)c2sc(C(=O)N3CCC4CCC(C3)N4)cc12.Cl. The van der Waals surface area contributed by atoms with Crippen LogP contribution in [0.2, 0.25) is 0 Å². The molecule has 5 nitrogen and oxygen atoms in total. The van der Waals surface area contributed by atoms with Crippen molar-refractivity contribution in [3.05, 3.63) is 16.6 Å². The van der Waals surface area contributed by atoms with Crippen LogP contribution in [-0.4, -0.2) is 45.8 Å². The van der Waals surface area contributed by atoms with Gasteiger partial charge in [0, 0.05) is 37.6 Å². The lowest BCUT2D eigenvalue weighted by Crippen LogP contribution is -2.38. The minimum Gasteiger partial charge on any atom is -0.336 e. The Morgan fingerprint density at radius 1 is 1.33 bits per heavy atom. The van der Waals surface area contributed by atoms with Gasteiger partial charge in [-0.05, 0) is 31.2 Å². The summed E-state index contributed by atoms with van der Waals surface area (Å²) in [4.78, 5) is 17.0. The van der Waals surface area contributed by atoms with E-state index in [2.05, 4.69) is 30.3 Å². The molecule has 2 saturated heterocycles. The number of halogens is 1. The Balaban J connectivity index is 0.00000169. The molecule has 1 N–H and O–H groups in total. The summed E-state index contributed by atoms with van der Waals surface area (Å²) in [5.74, 6) is 0.560. The van der Waals surface area contributed by atoms with Crippen molar-refractivity contribution < 1.29 is 4.79 Å². The minimum absolute atomic E-state index is 0. The zero-order valence-electron chi connectivity index (χ0n) is 14.4. The van der Waals surface area contributed by atoms with Gasteiger partial charge < -0.3 is 10.2 Å². The average molecular weight is 369 g/mol. The molecule has 24 heavy (non-hydrogen) atoms. The van der Waals surface area contributed by atoms with Crippen LogP contribution in [0.4, 0.5) is 0 Å². The number of aromatic nitrogens is 2. The van der Waals surface area contributed by atoms with E-state index in [9.17, 15) is 4.79 Å². The molecule has 2 aromatic heterocycles.